The molecule has 2 aliphatic rings. The number of fused-ring (bicyclic) bond motifs is 1. The SMILES string of the molecule is Cc1ncc(C(=O)Cn2cc(C(=O)Cn3ccc4nc(-c5ccc(-c6ccc(C)c(C)c6)cc5)nc-4c3)nc2C)[nH]1. The number of aromatic nitrogens is 7. The predicted octanol–water partition coefficient (Wildman–Crippen LogP) is 5.64. The van der Waals surface area contributed by atoms with Crippen molar-refractivity contribution in [2.75, 3.05) is 0 Å². The molecule has 2 aliphatic heterocycles. The van der Waals surface area contributed by atoms with Gasteiger partial charge in [0, 0.05) is 24.2 Å². The number of carbonyl (C=O) groups excluding carboxylic acids is 2. The molecule has 0 saturated carbocycles. The number of aryl methyl sites for hydroxylation is 4. The third-order valence-corrected chi connectivity index (χ3v) is 7.32. The lowest BCUT2D eigenvalue weighted by Gasteiger charge is -2.06. The largest absolute Gasteiger partial charge is 0.344 e. The zero-order chi connectivity index (χ0) is 28.7. The third-order valence-electron chi connectivity index (χ3n) is 7.32. The topological polar surface area (TPSA) is 111 Å². The van der Waals surface area contributed by atoms with Gasteiger partial charge in [0.2, 0.25) is 5.78 Å². The summed E-state index contributed by atoms with van der Waals surface area (Å²) in [7, 11) is 0. The standard InChI is InChI=1S/C32H29N7O2/c1-19-5-6-25(13-20(19)2)23-7-9-24(10-8-23)32-36-26-11-12-38(15-28(26)37-32)17-30(40)29-16-39(22(4)35-29)18-31(41)27-14-33-21(3)34-27/h5-16H,17-18H2,1-4H3,(H,33,34). The number of ketones is 2. The fourth-order valence-corrected chi connectivity index (χ4v) is 4.76. The number of benzene rings is 2. The van der Waals surface area contributed by atoms with E-state index in [0.29, 0.717) is 34.6 Å². The van der Waals surface area contributed by atoms with Gasteiger partial charge < -0.3 is 14.1 Å². The van der Waals surface area contributed by atoms with Crippen LogP contribution >= 0.6 is 0 Å². The Balaban J connectivity index is 1.16. The number of nitrogens with one attached hydrogen (secondary N) is 1. The van der Waals surface area contributed by atoms with Crippen LogP contribution in [0.5, 0.6) is 0 Å². The molecule has 0 atom stereocenters. The van der Waals surface area contributed by atoms with E-state index in [0.717, 1.165) is 16.8 Å². The van der Waals surface area contributed by atoms with Gasteiger partial charge in [0.05, 0.1) is 25.0 Å². The van der Waals surface area contributed by atoms with Gasteiger partial charge in [-0.15, -0.1) is 0 Å². The number of nitrogens with zero attached hydrogens (tertiary/aromatic N) is 6. The van der Waals surface area contributed by atoms with Crippen LogP contribution in [0.1, 0.15) is 43.8 Å². The molecule has 9 heteroatoms. The van der Waals surface area contributed by atoms with Gasteiger partial charge in [0.15, 0.2) is 11.6 Å². The van der Waals surface area contributed by atoms with E-state index in [1.54, 1.807) is 29.2 Å². The summed E-state index contributed by atoms with van der Waals surface area (Å²) >= 11 is 0. The molecule has 2 aromatic heterocycles. The zero-order valence-corrected chi connectivity index (χ0v) is 23.3. The van der Waals surface area contributed by atoms with Crippen molar-refractivity contribution in [3.8, 4) is 33.9 Å². The second kappa shape index (κ2) is 10.4. The molecule has 0 aliphatic carbocycles. The van der Waals surface area contributed by atoms with Crippen LogP contribution in [0, 0.1) is 27.7 Å². The summed E-state index contributed by atoms with van der Waals surface area (Å²) in [4.78, 5) is 46.4. The van der Waals surface area contributed by atoms with Crippen molar-refractivity contribution in [2.24, 2.45) is 0 Å². The Kier molecular flexibility index (Phi) is 6.62. The van der Waals surface area contributed by atoms with Gasteiger partial charge in [-0.2, -0.15) is 0 Å². The summed E-state index contributed by atoms with van der Waals surface area (Å²) in [5, 5.41) is 0. The fraction of sp³-hybridized carbons (Fsp3) is 0.188. The molecule has 6 rings (SSSR count). The van der Waals surface area contributed by atoms with Gasteiger partial charge in [-0.05, 0) is 56.0 Å². The van der Waals surface area contributed by atoms with Crippen LogP contribution in [-0.4, -0.2) is 45.6 Å². The normalized spacial score (nSPS) is 11.3. The number of hydrogen-bond donors (Lipinski definition) is 1. The molecule has 0 bridgehead atoms. The van der Waals surface area contributed by atoms with E-state index in [9.17, 15) is 9.59 Å². The van der Waals surface area contributed by atoms with Crippen molar-refractivity contribution in [3.05, 3.63) is 107 Å². The van der Waals surface area contributed by atoms with Crippen LogP contribution in [0.2, 0.25) is 0 Å². The van der Waals surface area contributed by atoms with Crippen molar-refractivity contribution in [2.45, 2.75) is 40.8 Å². The zero-order valence-electron chi connectivity index (χ0n) is 23.3. The Morgan fingerprint density at radius 2 is 1.49 bits per heavy atom. The minimum atomic E-state index is -0.164. The molecule has 4 heterocycles. The first kappa shape index (κ1) is 26.1. The molecular formula is C32H29N7O2. The molecule has 0 spiro atoms. The van der Waals surface area contributed by atoms with E-state index in [-0.39, 0.29) is 24.7 Å². The van der Waals surface area contributed by atoms with E-state index < -0.39 is 0 Å². The van der Waals surface area contributed by atoms with Crippen molar-refractivity contribution in [1.29, 1.82) is 0 Å². The van der Waals surface area contributed by atoms with Gasteiger partial charge in [0.25, 0.3) is 0 Å². The average Bonchev–Trinajstić information content (AvgIpc) is 3.68. The third kappa shape index (κ3) is 5.34. The number of rotatable bonds is 8. The predicted molar refractivity (Wildman–Crippen MR) is 156 cm³/mol. The number of carbonyl (C=O) groups is 2. The highest BCUT2D eigenvalue weighted by Gasteiger charge is 2.18. The summed E-state index contributed by atoms with van der Waals surface area (Å²) in [6.45, 7) is 7.96. The van der Waals surface area contributed by atoms with Crippen molar-refractivity contribution in [1.82, 2.24) is 34.1 Å². The molecular weight excluding hydrogens is 514 g/mol. The molecule has 0 radical (unpaired) electrons. The smallest absolute Gasteiger partial charge is 0.202 e. The molecule has 0 saturated heterocycles. The molecule has 4 aromatic rings. The molecule has 0 unspecified atom stereocenters. The number of pyridine rings is 1. The highest BCUT2D eigenvalue weighted by atomic mass is 16.1. The van der Waals surface area contributed by atoms with Crippen molar-refractivity contribution < 1.29 is 9.59 Å². The number of Topliss-reactive ketones (excluding diaryl/α,β-unsaturated/α-hetero) is 2. The number of hydrogen-bond acceptors (Lipinski definition) is 6. The first-order valence-electron chi connectivity index (χ1n) is 13.4. The maximum absolute atomic E-state index is 13.1. The van der Waals surface area contributed by atoms with Gasteiger partial charge >= 0.3 is 0 Å². The molecule has 41 heavy (non-hydrogen) atoms. The van der Waals surface area contributed by atoms with E-state index in [2.05, 4.69) is 59.1 Å². The summed E-state index contributed by atoms with van der Waals surface area (Å²) < 4.78 is 3.46. The van der Waals surface area contributed by atoms with Crippen LogP contribution in [0.25, 0.3) is 33.9 Å². The summed E-state index contributed by atoms with van der Waals surface area (Å²) in [6, 6.07) is 16.6. The molecule has 9 nitrogen and oxygen atoms in total. The van der Waals surface area contributed by atoms with Gasteiger partial charge in [0.1, 0.15) is 28.7 Å². The molecule has 2 aromatic carbocycles. The maximum atomic E-state index is 13.1. The molecule has 0 fully saturated rings. The quantitative estimate of drug-likeness (QED) is 0.249. The fourth-order valence-electron chi connectivity index (χ4n) is 4.76. The highest BCUT2D eigenvalue weighted by molar-refractivity contribution is 5.95. The van der Waals surface area contributed by atoms with Crippen molar-refractivity contribution in [3.63, 3.8) is 0 Å². The molecule has 1 N–H and O–H groups in total. The monoisotopic (exact) mass is 543 g/mol. The van der Waals surface area contributed by atoms with E-state index >= 15 is 0 Å². The van der Waals surface area contributed by atoms with Crippen LogP contribution in [-0.2, 0) is 13.1 Å². The first-order valence-corrected chi connectivity index (χ1v) is 13.4. The van der Waals surface area contributed by atoms with E-state index in [4.69, 9.17) is 9.97 Å². The van der Waals surface area contributed by atoms with Crippen LogP contribution in [0.3, 0.4) is 0 Å². The first-order chi connectivity index (χ1) is 19.7. The minimum Gasteiger partial charge on any atom is -0.344 e. The van der Waals surface area contributed by atoms with Crippen LogP contribution < -0.4 is 0 Å². The summed E-state index contributed by atoms with van der Waals surface area (Å²) in [5.41, 5.74) is 7.99. The lowest BCUT2D eigenvalue weighted by molar-refractivity contribution is 0.0955. The lowest BCUT2D eigenvalue weighted by Crippen LogP contribution is -2.12. The number of aromatic amines is 1. The molecule has 204 valence electrons. The van der Waals surface area contributed by atoms with Gasteiger partial charge in [-0.1, -0.05) is 42.5 Å². The number of H-pyrrole nitrogens is 1. The minimum absolute atomic E-state index is 0.0738. The second-order valence-corrected chi connectivity index (χ2v) is 10.3. The maximum Gasteiger partial charge on any atom is 0.202 e. The average molecular weight is 544 g/mol. The second-order valence-electron chi connectivity index (χ2n) is 10.3. The Bertz CT molecular complexity index is 1870. The molecule has 0 amide bonds. The Hall–Kier alpha value is -5.18. The van der Waals surface area contributed by atoms with E-state index in [1.165, 1.54) is 22.9 Å². The van der Waals surface area contributed by atoms with Crippen LogP contribution in [0.15, 0.2) is 73.3 Å². The van der Waals surface area contributed by atoms with Gasteiger partial charge in [-0.3, -0.25) is 9.59 Å². The number of imidazole rings is 3. The Morgan fingerprint density at radius 1 is 0.756 bits per heavy atom. The summed E-state index contributed by atoms with van der Waals surface area (Å²) in [5.74, 6) is 1.61. The van der Waals surface area contributed by atoms with Crippen LogP contribution in [0.4, 0.5) is 0 Å². The van der Waals surface area contributed by atoms with Crippen molar-refractivity contribution >= 4 is 11.6 Å². The Morgan fingerprint density at radius 3 is 2.22 bits per heavy atom. The highest BCUT2D eigenvalue weighted by Crippen LogP contribution is 2.28. The Labute approximate surface area is 237 Å². The summed E-state index contributed by atoms with van der Waals surface area (Å²) in [6.07, 6.45) is 6.78. The lowest BCUT2D eigenvalue weighted by atomic mass is 9.99. The van der Waals surface area contributed by atoms with E-state index in [1.807, 2.05) is 30.6 Å². The van der Waals surface area contributed by atoms with Gasteiger partial charge in [-0.25, -0.2) is 19.9 Å².